The lowest BCUT2D eigenvalue weighted by Gasteiger charge is -2.23. The molecule has 4 rings (SSSR count). The summed E-state index contributed by atoms with van der Waals surface area (Å²) >= 11 is 1.18. The summed E-state index contributed by atoms with van der Waals surface area (Å²) in [5.74, 6) is -1.96. The van der Waals surface area contributed by atoms with Crippen molar-refractivity contribution in [2.45, 2.75) is 44.2 Å². The number of hydrogen-bond acceptors (Lipinski definition) is 5. The Morgan fingerprint density at radius 1 is 1.10 bits per heavy atom. The van der Waals surface area contributed by atoms with E-state index < -0.39 is 35.3 Å². The average molecular weight is 444 g/mol. The third-order valence-electron chi connectivity index (χ3n) is 5.67. The highest BCUT2D eigenvalue weighted by molar-refractivity contribution is 7.17. The van der Waals surface area contributed by atoms with Gasteiger partial charge in [0.05, 0.1) is 4.88 Å². The number of rotatable bonds is 4. The van der Waals surface area contributed by atoms with E-state index in [2.05, 4.69) is 16.2 Å². The average Bonchev–Trinajstić information content (AvgIpc) is 3.47. The highest BCUT2D eigenvalue weighted by Crippen LogP contribution is 2.35. The fourth-order valence-electron chi connectivity index (χ4n) is 3.94. The molecule has 8 nitrogen and oxygen atoms in total. The number of halogens is 1. The van der Waals surface area contributed by atoms with Gasteiger partial charge in [-0.05, 0) is 49.6 Å². The van der Waals surface area contributed by atoms with E-state index in [-0.39, 0.29) is 5.82 Å². The molecule has 1 aromatic heterocycles. The third-order valence-corrected chi connectivity index (χ3v) is 6.81. The van der Waals surface area contributed by atoms with Crippen molar-refractivity contribution >= 4 is 35.1 Å². The lowest BCUT2D eigenvalue weighted by molar-refractivity contribution is -0.138. The number of nitrogens with zero attached hydrogens (tertiary/aromatic N) is 1. The number of imide groups is 1. The molecule has 1 aliphatic carbocycles. The van der Waals surface area contributed by atoms with Crippen LogP contribution in [0.4, 0.5) is 9.18 Å². The van der Waals surface area contributed by atoms with Crippen LogP contribution in [0, 0.1) is 5.82 Å². The molecule has 1 aromatic carbocycles. The SMILES string of the molecule is CC(C(=O)NNC(=O)c1ccc(-c2ccc(F)cc2)s1)N1C(=O)NC2(CCCC2)C1=O. The summed E-state index contributed by atoms with van der Waals surface area (Å²) in [6, 6.07) is 7.54. The smallest absolute Gasteiger partial charge is 0.323 e. The minimum Gasteiger partial charge on any atom is -0.323 e. The maximum absolute atomic E-state index is 13.1. The van der Waals surface area contributed by atoms with Crippen LogP contribution in [-0.2, 0) is 9.59 Å². The van der Waals surface area contributed by atoms with Gasteiger partial charge in [-0.3, -0.25) is 25.2 Å². The summed E-state index contributed by atoms with van der Waals surface area (Å²) in [6.45, 7) is 1.44. The largest absolute Gasteiger partial charge is 0.325 e. The highest BCUT2D eigenvalue weighted by atomic mass is 32.1. The fraction of sp³-hybridized carbons (Fsp3) is 0.333. The zero-order valence-electron chi connectivity index (χ0n) is 16.7. The predicted octanol–water partition coefficient (Wildman–Crippen LogP) is 2.57. The van der Waals surface area contributed by atoms with Gasteiger partial charge in [-0.1, -0.05) is 25.0 Å². The van der Waals surface area contributed by atoms with E-state index in [4.69, 9.17) is 0 Å². The van der Waals surface area contributed by atoms with Gasteiger partial charge in [-0.25, -0.2) is 14.1 Å². The van der Waals surface area contributed by atoms with E-state index in [1.165, 1.54) is 30.4 Å². The topological polar surface area (TPSA) is 108 Å². The zero-order valence-corrected chi connectivity index (χ0v) is 17.6. The van der Waals surface area contributed by atoms with Crippen LogP contribution in [0.1, 0.15) is 42.3 Å². The molecular formula is C21H21FN4O4S. The van der Waals surface area contributed by atoms with Crippen molar-refractivity contribution in [2.24, 2.45) is 0 Å². The van der Waals surface area contributed by atoms with Crippen LogP contribution in [-0.4, -0.2) is 40.2 Å². The molecule has 0 radical (unpaired) electrons. The van der Waals surface area contributed by atoms with Gasteiger partial charge in [-0.2, -0.15) is 0 Å². The number of thiophene rings is 1. The molecule has 0 bridgehead atoms. The van der Waals surface area contributed by atoms with Gasteiger partial charge in [0.2, 0.25) is 0 Å². The second-order valence-corrected chi connectivity index (χ2v) is 8.77. The van der Waals surface area contributed by atoms with Crippen LogP contribution < -0.4 is 16.2 Å². The first-order valence-electron chi connectivity index (χ1n) is 9.92. The maximum atomic E-state index is 13.1. The molecule has 1 aliphatic heterocycles. The second kappa shape index (κ2) is 8.10. The third kappa shape index (κ3) is 3.90. The number of benzene rings is 1. The molecule has 2 aliphatic rings. The Balaban J connectivity index is 1.36. The normalized spacial score (nSPS) is 18.2. The van der Waals surface area contributed by atoms with Gasteiger partial charge in [0.15, 0.2) is 0 Å². The van der Waals surface area contributed by atoms with Crippen LogP contribution in [0.5, 0.6) is 0 Å². The second-order valence-electron chi connectivity index (χ2n) is 7.68. The van der Waals surface area contributed by atoms with Crippen LogP contribution >= 0.6 is 11.3 Å². The first-order chi connectivity index (χ1) is 14.8. The molecule has 1 unspecified atom stereocenters. The molecule has 1 saturated heterocycles. The quantitative estimate of drug-likeness (QED) is 0.498. The Kier molecular flexibility index (Phi) is 5.48. The van der Waals surface area contributed by atoms with Crippen molar-refractivity contribution in [3.8, 4) is 10.4 Å². The highest BCUT2D eigenvalue weighted by Gasteiger charge is 2.54. The van der Waals surface area contributed by atoms with Gasteiger partial charge in [-0.15, -0.1) is 11.3 Å². The van der Waals surface area contributed by atoms with E-state index in [9.17, 15) is 23.6 Å². The molecule has 10 heteroatoms. The lowest BCUT2D eigenvalue weighted by Crippen LogP contribution is -2.53. The van der Waals surface area contributed by atoms with E-state index in [0.717, 1.165) is 28.2 Å². The molecule has 1 atom stereocenters. The van der Waals surface area contributed by atoms with Crippen molar-refractivity contribution in [2.75, 3.05) is 0 Å². The molecular weight excluding hydrogens is 423 g/mol. The summed E-state index contributed by atoms with van der Waals surface area (Å²) < 4.78 is 13.1. The molecule has 31 heavy (non-hydrogen) atoms. The molecule has 1 saturated carbocycles. The predicted molar refractivity (Wildman–Crippen MR) is 111 cm³/mol. The Morgan fingerprint density at radius 3 is 2.45 bits per heavy atom. The summed E-state index contributed by atoms with van der Waals surface area (Å²) in [6.07, 6.45) is 2.82. The van der Waals surface area contributed by atoms with Crippen LogP contribution in [0.3, 0.4) is 0 Å². The van der Waals surface area contributed by atoms with E-state index in [1.54, 1.807) is 24.3 Å². The minimum atomic E-state index is -1.08. The van der Waals surface area contributed by atoms with Crippen LogP contribution in [0.2, 0.25) is 0 Å². The Labute approximate surface area is 181 Å². The molecule has 162 valence electrons. The number of urea groups is 1. The lowest BCUT2D eigenvalue weighted by atomic mass is 9.97. The van der Waals surface area contributed by atoms with Crippen molar-refractivity contribution in [1.82, 2.24) is 21.1 Å². The Hall–Kier alpha value is -3.27. The van der Waals surface area contributed by atoms with Crippen molar-refractivity contribution in [1.29, 1.82) is 0 Å². The number of amides is 5. The van der Waals surface area contributed by atoms with Gasteiger partial charge < -0.3 is 5.32 Å². The van der Waals surface area contributed by atoms with Crippen molar-refractivity contribution in [3.05, 3.63) is 47.1 Å². The number of hydrazine groups is 1. The summed E-state index contributed by atoms with van der Waals surface area (Å²) in [5.41, 5.74) is 4.45. The van der Waals surface area contributed by atoms with Crippen molar-refractivity contribution in [3.63, 3.8) is 0 Å². The summed E-state index contributed by atoms with van der Waals surface area (Å²) in [4.78, 5) is 52.0. The molecule has 5 amide bonds. The first kappa shape index (κ1) is 21.0. The maximum Gasteiger partial charge on any atom is 0.325 e. The van der Waals surface area contributed by atoms with Gasteiger partial charge in [0.25, 0.3) is 17.7 Å². The molecule has 1 spiro atoms. The monoisotopic (exact) mass is 444 g/mol. The Bertz CT molecular complexity index is 1050. The first-order valence-corrected chi connectivity index (χ1v) is 10.7. The fourth-order valence-corrected chi connectivity index (χ4v) is 4.85. The van der Waals surface area contributed by atoms with Crippen LogP contribution in [0.15, 0.2) is 36.4 Å². The number of carbonyl (C=O) groups excluding carboxylic acids is 4. The summed E-state index contributed by atoms with van der Waals surface area (Å²) in [7, 11) is 0. The molecule has 2 heterocycles. The van der Waals surface area contributed by atoms with E-state index in [0.29, 0.717) is 17.7 Å². The number of carbonyl (C=O) groups is 4. The Morgan fingerprint density at radius 2 is 1.77 bits per heavy atom. The summed E-state index contributed by atoms with van der Waals surface area (Å²) in [5, 5.41) is 2.73. The van der Waals surface area contributed by atoms with E-state index >= 15 is 0 Å². The van der Waals surface area contributed by atoms with Crippen LogP contribution in [0.25, 0.3) is 10.4 Å². The van der Waals surface area contributed by atoms with Gasteiger partial charge in [0.1, 0.15) is 17.4 Å². The molecule has 3 N–H and O–H groups in total. The minimum absolute atomic E-state index is 0.340. The number of nitrogens with one attached hydrogen (secondary N) is 3. The number of hydrogen-bond donors (Lipinski definition) is 3. The van der Waals surface area contributed by atoms with Gasteiger partial charge in [0, 0.05) is 4.88 Å². The van der Waals surface area contributed by atoms with E-state index in [1.807, 2.05) is 0 Å². The van der Waals surface area contributed by atoms with Crippen molar-refractivity contribution < 1.29 is 23.6 Å². The molecule has 2 fully saturated rings. The van der Waals surface area contributed by atoms with Gasteiger partial charge >= 0.3 is 6.03 Å². The standard InChI is InChI=1S/C21H21FN4O4S/c1-12(26-19(29)21(23-20(26)30)10-2-3-11-21)17(27)24-25-18(28)16-9-8-15(31-16)13-4-6-14(22)7-5-13/h4-9,12H,2-3,10-11H2,1H3,(H,23,30)(H,24,27)(H,25,28). The molecule has 2 aromatic rings. The zero-order chi connectivity index (χ0) is 22.2.